The zero-order chi connectivity index (χ0) is 115. The van der Waals surface area contributed by atoms with Gasteiger partial charge >= 0.3 is 0 Å². The van der Waals surface area contributed by atoms with Crippen LogP contribution in [0.25, 0.3) is 99.5 Å². The zero-order valence-electron chi connectivity index (χ0n) is 101. The van der Waals surface area contributed by atoms with E-state index in [0.717, 1.165) is 11.1 Å². The monoisotopic (exact) mass is 1910 g/mol. The number of hydrogen-bond donors (Lipinski definition) is 0. The zero-order valence-corrected chi connectivity index (χ0v) is 82.8. The Morgan fingerprint density at radius 3 is 0.626 bits per heavy atom. The second-order valence-corrected chi connectivity index (χ2v) is 40.5. The Bertz CT molecular complexity index is 8910. The first-order valence-electron chi connectivity index (χ1n) is 58.9. The minimum Gasteiger partial charge on any atom is -0.310 e. The van der Waals surface area contributed by atoms with E-state index in [1.165, 1.54) is 9.13 Å². The van der Waals surface area contributed by atoms with Crippen LogP contribution < -0.4 is 45.8 Å². The minimum atomic E-state index is -1.69. The van der Waals surface area contributed by atoms with E-state index in [0.29, 0.717) is 124 Å². The Labute approximate surface area is 887 Å². The molecule has 21 aromatic carbocycles. The Morgan fingerprint density at radius 2 is 0.415 bits per heavy atom. The van der Waals surface area contributed by atoms with Crippen molar-refractivity contribution < 1.29 is 24.7 Å². The van der Waals surface area contributed by atoms with Crippen molar-refractivity contribution in [2.24, 2.45) is 0 Å². The maximum Gasteiger partial charge on any atom is 0.252 e. The van der Waals surface area contributed by atoms with Crippen LogP contribution in [0.1, 0.15) is 104 Å². The third-order valence-corrected chi connectivity index (χ3v) is 28.1. The lowest BCUT2D eigenvalue weighted by molar-refractivity contribution is 0.590. The van der Waals surface area contributed by atoms with Gasteiger partial charge in [0.1, 0.15) is 0 Å². The van der Waals surface area contributed by atoms with Gasteiger partial charge < -0.3 is 38.5 Å². The molecule has 0 fully saturated rings. The number of nitrogens with zero attached hydrogens (tertiary/aromatic N) is 8. The predicted molar refractivity (Wildman–Crippen MR) is 626 cm³/mol. The van der Waals surface area contributed by atoms with Crippen molar-refractivity contribution in [3.05, 3.63) is 526 Å². The maximum atomic E-state index is 12.6. The minimum absolute atomic E-state index is 0.111. The predicted octanol–water partition coefficient (Wildman–Crippen LogP) is 36.4. The van der Waals surface area contributed by atoms with E-state index in [9.17, 15) is 24.7 Å². The molecule has 0 radical (unpaired) electrons. The summed E-state index contributed by atoms with van der Waals surface area (Å²) in [5.41, 5.74) is 8.19. The SMILES string of the molecule is [2H]c1c([2H])c(-n2c3c([2H])c([2H])c(N(c4ccccc4)c4ccccc4)c([2H])c3c3c([2H])c(N(c4ccccc4)c4ccccc4)c([2H])c([2H])c32)c([2H])c2c1B1c3c(cc(C(C)(C)C)cc3N(c3c(-c4ccccc4)cc(C(C)(C)C)cc3-c3ccccc3)c3c([2H])c(-n4c5c([2H])c([2H])c(N(c6ccccc6)c6ccccc6)c([2H])c5c5c([2H])c(N(c6ccccc6)c6ccccc6)c([2H])c([2H])c54)c([2H])c([2H])c31)N2c1c(-c2ccccc2)cc(C(C)(C)C)cc1-c1ccccc1. The van der Waals surface area contributed by atoms with Gasteiger partial charge in [-0.15, -0.1) is 0 Å². The van der Waals surface area contributed by atoms with Gasteiger partial charge in [0, 0.05) is 146 Å². The van der Waals surface area contributed by atoms with Gasteiger partial charge in [-0.2, -0.15) is 0 Å². The molecule has 9 heteroatoms. The van der Waals surface area contributed by atoms with Crippen molar-refractivity contribution in [2.45, 2.75) is 78.6 Å². The number of fused-ring (bicyclic) bond motifs is 10. The van der Waals surface area contributed by atoms with Crippen LogP contribution in [0.4, 0.5) is 102 Å². The van der Waals surface area contributed by atoms with Crippen LogP contribution in [0.15, 0.2) is 509 Å². The van der Waals surface area contributed by atoms with E-state index in [2.05, 4.69) is 98.7 Å². The van der Waals surface area contributed by atoms with E-state index in [1.807, 2.05) is 374 Å². The fourth-order valence-corrected chi connectivity index (χ4v) is 20.9. The van der Waals surface area contributed by atoms with Gasteiger partial charge in [0.15, 0.2) is 0 Å². The fourth-order valence-electron chi connectivity index (χ4n) is 20.9. The highest BCUT2D eigenvalue weighted by Crippen LogP contribution is 2.58. The third-order valence-electron chi connectivity index (χ3n) is 28.1. The van der Waals surface area contributed by atoms with Crippen molar-refractivity contribution in [1.29, 1.82) is 0 Å². The van der Waals surface area contributed by atoms with Crippen LogP contribution in [-0.4, -0.2) is 15.8 Å². The van der Waals surface area contributed by atoms with Crippen molar-refractivity contribution in [1.82, 2.24) is 9.13 Å². The van der Waals surface area contributed by atoms with E-state index >= 15 is 0 Å². The number of hydrogen-bond acceptors (Lipinski definition) is 6. The molecule has 2 aliphatic heterocycles. The largest absolute Gasteiger partial charge is 0.310 e. The average Bonchev–Trinajstić information content (AvgIpc) is 1.64. The molecule has 2 aliphatic rings. The molecule has 0 N–H and O–H groups in total. The maximum absolute atomic E-state index is 12.6. The number of benzene rings is 21. The Hall–Kier alpha value is -17.9. The molecule has 0 amide bonds. The topological polar surface area (TPSA) is 29.3 Å². The van der Waals surface area contributed by atoms with Gasteiger partial charge in [-0.1, -0.05) is 341 Å². The molecule has 147 heavy (non-hydrogen) atoms. The second-order valence-electron chi connectivity index (χ2n) is 40.5. The lowest BCUT2D eigenvalue weighted by atomic mass is 9.33. The smallest absolute Gasteiger partial charge is 0.252 e. The molecule has 0 aliphatic carbocycles. The van der Waals surface area contributed by atoms with E-state index in [-0.39, 0.29) is 88.7 Å². The fraction of sp³-hybridized carbons (Fsp3) is 0.0870. The standard InChI is InChI=1S/C138H111BN8/c1-136(2,3)98-82-115(94-46-22-10-23-47-94)134(116(83-98)95-48-24-11-25-49-95)146-129-92-113(144-125-78-72-109(140(101-54-30-14-31-55-101)102-56-32-15-33-57-102)88-119(125)120-89-110(73-79-126(120)144)141(103-58-34-16-35-59-103)104-60-36-17-37-61-104)70-76-123(129)139-124-77-71-114(93-130(124)147(132-87-100(138(7,8)9)86-131(146)133(132)139)135-117(96-50-26-12-27-51-96)84-99(137(4,5)6)85-118(135)97-52-28-13-29-53-97)145-127-80-74-111(142(105-62-38-18-39-63-105)106-64-40-19-41-65-106)90-121(127)122-91-112(75-81-128(122)145)143(107-66-42-20-43-67-107)108-68-44-21-45-69-108/h10-93H,1-9H3/i70D,71D,72D,73D,74D,75D,76D,77D,78D,79D,80D,81D,88D,89D,90D,91D,92D,93D. The molecule has 0 atom stereocenters. The summed E-state index contributed by atoms with van der Waals surface area (Å²) in [7, 11) is 0. The van der Waals surface area contributed by atoms with Gasteiger partial charge in [0.25, 0.3) is 6.71 Å². The van der Waals surface area contributed by atoms with Crippen LogP contribution in [0.2, 0.25) is 0 Å². The average molecular weight is 1910 g/mol. The normalized spacial score (nSPS) is 14.1. The Kier molecular flexibility index (Phi) is 18.1. The third kappa shape index (κ3) is 16.2. The van der Waals surface area contributed by atoms with Crippen LogP contribution in [-0.2, 0) is 16.2 Å². The molecular weight excluding hydrogens is 1780 g/mol. The van der Waals surface area contributed by atoms with Gasteiger partial charge in [0.05, 0.1) is 58.1 Å². The highest BCUT2D eigenvalue weighted by atomic mass is 15.2. The van der Waals surface area contributed by atoms with Crippen molar-refractivity contribution in [3.8, 4) is 55.9 Å². The number of rotatable bonds is 20. The summed E-state index contributed by atoms with van der Waals surface area (Å²) in [6, 6.07) is 115. The van der Waals surface area contributed by atoms with Crippen molar-refractivity contribution in [2.75, 3.05) is 29.4 Å². The summed E-state index contributed by atoms with van der Waals surface area (Å²) in [5.74, 6) is 0. The van der Waals surface area contributed by atoms with Gasteiger partial charge in [-0.05, 0) is 302 Å². The summed E-state index contributed by atoms with van der Waals surface area (Å²) in [6.07, 6.45) is 0. The number of para-hydroxylation sites is 8. The van der Waals surface area contributed by atoms with Gasteiger partial charge in [-0.3, -0.25) is 0 Å². The van der Waals surface area contributed by atoms with Crippen LogP contribution in [0.3, 0.4) is 0 Å². The summed E-state index contributed by atoms with van der Waals surface area (Å²) < 4.78 is 210. The molecule has 23 aromatic rings. The molecule has 8 nitrogen and oxygen atoms in total. The van der Waals surface area contributed by atoms with Crippen LogP contribution >= 0.6 is 0 Å². The van der Waals surface area contributed by atoms with Gasteiger partial charge in [0.2, 0.25) is 0 Å². The highest BCUT2D eigenvalue weighted by molar-refractivity contribution is 7.00. The Balaban J connectivity index is 0.903. The summed E-state index contributed by atoms with van der Waals surface area (Å²) in [5, 5.41) is -0.671. The quantitative estimate of drug-likeness (QED) is 0.0707. The first kappa shape index (κ1) is 72.4. The first-order chi connectivity index (χ1) is 79.5. The molecule has 2 aromatic heterocycles. The highest BCUT2D eigenvalue weighted by Gasteiger charge is 2.47. The van der Waals surface area contributed by atoms with Crippen molar-refractivity contribution >= 4 is 169 Å². The van der Waals surface area contributed by atoms with E-state index in [1.54, 1.807) is 19.6 Å². The molecule has 25 rings (SSSR count). The summed E-state index contributed by atoms with van der Waals surface area (Å²) in [6.45, 7) is 17.4. The molecule has 0 unspecified atom stereocenters. The molecule has 0 spiro atoms. The lowest BCUT2D eigenvalue weighted by Crippen LogP contribution is -2.61. The summed E-state index contributed by atoms with van der Waals surface area (Å²) >= 11 is 0. The van der Waals surface area contributed by atoms with Gasteiger partial charge in [-0.25, -0.2) is 0 Å². The Morgan fingerprint density at radius 1 is 0.211 bits per heavy atom. The first-order valence-corrected chi connectivity index (χ1v) is 49.9. The molecule has 0 saturated heterocycles. The number of anilines is 18. The molecular formula is C138H111BN8. The molecule has 4 heterocycles. The van der Waals surface area contributed by atoms with E-state index < -0.39 is 143 Å². The van der Waals surface area contributed by atoms with Crippen LogP contribution in [0.5, 0.6) is 0 Å². The van der Waals surface area contributed by atoms with Crippen molar-refractivity contribution in [3.63, 3.8) is 0 Å². The molecule has 0 bridgehead atoms. The second kappa shape index (κ2) is 36.8. The molecule has 706 valence electrons. The van der Waals surface area contributed by atoms with E-state index in [4.69, 9.17) is 0 Å². The molecule has 0 saturated carbocycles. The lowest BCUT2D eigenvalue weighted by Gasteiger charge is -2.47. The van der Waals surface area contributed by atoms with Crippen LogP contribution in [0, 0.1) is 0 Å². The summed E-state index contributed by atoms with van der Waals surface area (Å²) in [4.78, 5) is 10.8. The number of aromatic nitrogens is 2.